The Morgan fingerprint density at radius 3 is 2.77 bits per heavy atom. The topological polar surface area (TPSA) is 99.7 Å². The van der Waals surface area contributed by atoms with Crippen molar-refractivity contribution in [2.75, 3.05) is 30.8 Å². The highest BCUT2D eigenvalue weighted by Gasteiger charge is 2.29. The Morgan fingerprint density at radius 2 is 1.95 bits per heavy atom. The van der Waals surface area contributed by atoms with Crippen LogP contribution >= 0.6 is 11.6 Å². The first kappa shape index (κ1) is 29.2. The van der Waals surface area contributed by atoms with E-state index in [9.17, 15) is 9.59 Å². The van der Waals surface area contributed by atoms with E-state index in [0.29, 0.717) is 36.3 Å². The molecular formula is C34H33ClN6O3. The van der Waals surface area contributed by atoms with Gasteiger partial charge in [-0.2, -0.15) is 4.98 Å². The maximum absolute atomic E-state index is 12.6. The summed E-state index contributed by atoms with van der Waals surface area (Å²) in [6.07, 6.45) is 4.92. The number of rotatable bonds is 9. The van der Waals surface area contributed by atoms with E-state index in [2.05, 4.69) is 51.4 Å². The van der Waals surface area contributed by atoms with Gasteiger partial charge in [0.25, 0.3) is 5.91 Å². The van der Waals surface area contributed by atoms with Gasteiger partial charge < -0.3 is 25.2 Å². The number of fused-ring (bicyclic) bond motifs is 1. The summed E-state index contributed by atoms with van der Waals surface area (Å²) < 4.78 is 6.01. The lowest BCUT2D eigenvalue weighted by atomic mass is 9.90. The van der Waals surface area contributed by atoms with Gasteiger partial charge in [-0.25, -0.2) is 4.98 Å². The van der Waals surface area contributed by atoms with Gasteiger partial charge in [0.05, 0.1) is 11.8 Å². The van der Waals surface area contributed by atoms with Crippen molar-refractivity contribution in [1.29, 1.82) is 0 Å². The fraction of sp³-hybridized carbons (Fsp3) is 0.235. The molecule has 1 aromatic heterocycles. The molecule has 3 heterocycles. The van der Waals surface area contributed by atoms with Gasteiger partial charge in [0.2, 0.25) is 17.7 Å². The van der Waals surface area contributed by atoms with Gasteiger partial charge in [-0.15, -0.1) is 0 Å². The number of ether oxygens (including phenoxy) is 1. The molecule has 1 unspecified atom stereocenters. The first-order valence-electron chi connectivity index (χ1n) is 14.6. The minimum atomic E-state index is -0.0982. The van der Waals surface area contributed by atoms with E-state index in [1.807, 2.05) is 41.3 Å². The number of nitrogens with one attached hydrogen (secondary N) is 2. The lowest BCUT2D eigenvalue weighted by Gasteiger charge is -2.32. The molecule has 1 saturated heterocycles. The van der Waals surface area contributed by atoms with Crippen LogP contribution in [0.2, 0.25) is 5.02 Å². The zero-order valence-corrected chi connectivity index (χ0v) is 25.2. The lowest BCUT2D eigenvalue weighted by Crippen LogP contribution is -2.38. The zero-order valence-electron chi connectivity index (χ0n) is 24.4. The van der Waals surface area contributed by atoms with Crippen LogP contribution in [-0.2, 0) is 17.9 Å². The first-order valence-corrected chi connectivity index (χ1v) is 14.9. The maximum atomic E-state index is 12.6. The van der Waals surface area contributed by atoms with Crippen molar-refractivity contribution in [2.45, 2.75) is 31.8 Å². The molecule has 224 valence electrons. The summed E-state index contributed by atoms with van der Waals surface area (Å²) in [6.45, 7) is 6.33. The summed E-state index contributed by atoms with van der Waals surface area (Å²) in [6, 6.07) is 21.9. The van der Waals surface area contributed by atoms with Crippen LogP contribution in [-0.4, -0.2) is 51.7 Å². The molecule has 3 aromatic carbocycles. The minimum Gasteiger partial charge on any atom is -0.437 e. The molecule has 1 fully saturated rings. The SMILES string of the molecule is C=CC(=O)N1CCCC(c2cccc(NCc3ccc(Nc4ncc(Cl)c(Oc5cccc6c5C(=O)N(C)C6)n4)cc3)c2)C1. The van der Waals surface area contributed by atoms with E-state index < -0.39 is 0 Å². The molecule has 1 atom stereocenters. The van der Waals surface area contributed by atoms with Gasteiger partial charge >= 0.3 is 0 Å². The van der Waals surface area contributed by atoms with Crippen LogP contribution in [0.4, 0.5) is 17.3 Å². The third-order valence-electron chi connectivity index (χ3n) is 7.97. The summed E-state index contributed by atoms with van der Waals surface area (Å²) in [7, 11) is 1.76. The van der Waals surface area contributed by atoms with Crippen LogP contribution in [0.15, 0.2) is 85.6 Å². The highest BCUT2D eigenvalue weighted by Crippen LogP contribution is 2.35. The zero-order chi connectivity index (χ0) is 30.6. The predicted molar refractivity (Wildman–Crippen MR) is 172 cm³/mol. The van der Waals surface area contributed by atoms with E-state index in [0.717, 1.165) is 48.4 Å². The van der Waals surface area contributed by atoms with Crippen LogP contribution in [0, 0.1) is 0 Å². The van der Waals surface area contributed by atoms with Crippen molar-refractivity contribution in [3.8, 4) is 11.6 Å². The molecule has 2 aliphatic heterocycles. The van der Waals surface area contributed by atoms with E-state index >= 15 is 0 Å². The second-order valence-corrected chi connectivity index (χ2v) is 11.4. The molecule has 6 rings (SSSR count). The summed E-state index contributed by atoms with van der Waals surface area (Å²) in [5.41, 5.74) is 5.61. The molecule has 2 amide bonds. The van der Waals surface area contributed by atoms with Crippen molar-refractivity contribution in [3.63, 3.8) is 0 Å². The second-order valence-electron chi connectivity index (χ2n) is 11.0. The quantitative estimate of drug-likeness (QED) is 0.203. The summed E-state index contributed by atoms with van der Waals surface area (Å²) in [4.78, 5) is 37.0. The average Bonchev–Trinajstić information content (AvgIpc) is 3.35. The molecule has 0 spiro atoms. The smallest absolute Gasteiger partial charge is 0.258 e. The highest BCUT2D eigenvalue weighted by atomic mass is 35.5. The Kier molecular flexibility index (Phi) is 8.47. The number of nitrogens with zero attached hydrogens (tertiary/aromatic N) is 4. The molecular weight excluding hydrogens is 576 g/mol. The van der Waals surface area contributed by atoms with Gasteiger partial charge in [-0.05, 0) is 65.9 Å². The fourth-order valence-electron chi connectivity index (χ4n) is 5.66. The number of hydrogen-bond donors (Lipinski definition) is 2. The van der Waals surface area contributed by atoms with Gasteiger partial charge in [0.1, 0.15) is 10.8 Å². The molecule has 44 heavy (non-hydrogen) atoms. The third-order valence-corrected chi connectivity index (χ3v) is 8.23. The molecule has 10 heteroatoms. The van der Waals surface area contributed by atoms with Gasteiger partial charge in [-0.3, -0.25) is 9.59 Å². The molecule has 9 nitrogen and oxygen atoms in total. The van der Waals surface area contributed by atoms with Crippen molar-refractivity contribution < 1.29 is 14.3 Å². The molecule has 4 aromatic rings. The average molecular weight is 609 g/mol. The van der Waals surface area contributed by atoms with Crippen molar-refractivity contribution in [3.05, 3.63) is 113 Å². The Balaban J connectivity index is 1.07. The standard InChI is InChI=1S/C34H33ClN6O3/c1-3-30(42)41-16-6-9-24(21-41)23-7-4-10-27(17-23)36-18-22-12-14-26(15-13-22)38-34-37-19-28(35)32(39-34)44-29-11-5-8-25-20-40(2)33(43)31(25)29/h3-5,7-8,10-15,17,19,24,36H,1,6,9,16,18,20-21H2,2H3,(H,37,38,39). The van der Waals surface area contributed by atoms with E-state index in [4.69, 9.17) is 16.3 Å². The monoisotopic (exact) mass is 608 g/mol. The van der Waals surface area contributed by atoms with Crippen molar-refractivity contribution in [2.24, 2.45) is 0 Å². The number of likely N-dealkylation sites (tertiary alicyclic amines) is 1. The normalized spacial score (nSPS) is 16.0. The Morgan fingerprint density at radius 1 is 1.14 bits per heavy atom. The van der Waals surface area contributed by atoms with Crippen LogP contribution in [0.3, 0.4) is 0 Å². The van der Waals surface area contributed by atoms with E-state index in [1.54, 1.807) is 18.0 Å². The summed E-state index contributed by atoms with van der Waals surface area (Å²) in [5, 5.41) is 6.95. The number of carbonyl (C=O) groups is 2. The number of hydrogen-bond acceptors (Lipinski definition) is 7. The number of piperidine rings is 1. The largest absolute Gasteiger partial charge is 0.437 e. The van der Waals surface area contributed by atoms with Gasteiger partial charge in [0, 0.05) is 50.5 Å². The highest BCUT2D eigenvalue weighted by molar-refractivity contribution is 6.31. The predicted octanol–water partition coefficient (Wildman–Crippen LogP) is 6.76. The summed E-state index contributed by atoms with van der Waals surface area (Å²) >= 11 is 6.35. The van der Waals surface area contributed by atoms with Crippen LogP contribution in [0.5, 0.6) is 11.6 Å². The fourth-order valence-corrected chi connectivity index (χ4v) is 5.79. The van der Waals surface area contributed by atoms with Gasteiger partial charge in [-0.1, -0.05) is 54.6 Å². The molecule has 2 N–H and O–H groups in total. The molecule has 0 aliphatic carbocycles. The molecule has 0 saturated carbocycles. The third kappa shape index (κ3) is 6.38. The van der Waals surface area contributed by atoms with Crippen molar-refractivity contribution in [1.82, 2.24) is 19.8 Å². The molecule has 0 bridgehead atoms. The number of carbonyl (C=O) groups excluding carboxylic acids is 2. The number of amides is 2. The summed E-state index contributed by atoms with van der Waals surface area (Å²) in [5.74, 6) is 1.11. The number of halogens is 1. The number of anilines is 3. The van der Waals surface area contributed by atoms with Crippen LogP contribution in [0.25, 0.3) is 0 Å². The Labute approximate surface area is 261 Å². The Bertz CT molecular complexity index is 1710. The van der Waals surface area contributed by atoms with Crippen molar-refractivity contribution >= 4 is 40.7 Å². The van der Waals surface area contributed by atoms with E-state index in [-0.39, 0.29) is 22.7 Å². The molecule has 0 radical (unpaired) electrons. The minimum absolute atomic E-state index is 0.000683. The van der Waals surface area contributed by atoms with E-state index in [1.165, 1.54) is 17.8 Å². The molecule has 2 aliphatic rings. The Hall–Kier alpha value is -4.89. The second kappa shape index (κ2) is 12.8. The van der Waals surface area contributed by atoms with Gasteiger partial charge in [0.15, 0.2) is 0 Å². The first-order chi connectivity index (χ1) is 21.4. The lowest BCUT2D eigenvalue weighted by molar-refractivity contribution is -0.127. The maximum Gasteiger partial charge on any atom is 0.258 e. The number of benzene rings is 3. The van der Waals surface area contributed by atoms with Crippen LogP contribution in [0.1, 0.15) is 45.8 Å². The van der Waals surface area contributed by atoms with Crippen LogP contribution < -0.4 is 15.4 Å². The number of aromatic nitrogens is 2.